The van der Waals surface area contributed by atoms with E-state index in [2.05, 4.69) is 163 Å². The van der Waals surface area contributed by atoms with Gasteiger partial charge in [-0.15, -0.1) is 0 Å². The van der Waals surface area contributed by atoms with Crippen LogP contribution in [0.1, 0.15) is 5.56 Å². The van der Waals surface area contributed by atoms with Gasteiger partial charge >= 0.3 is 0 Å². The Morgan fingerprint density at radius 2 is 1.05 bits per heavy atom. The number of aryl methyl sites for hydroxylation is 1. The van der Waals surface area contributed by atoms with Gasteiger partial charge in [-0.25, -0.2) is 0 Å². The maximum absolute atomic E-state index is 6.59. The summed E-state index contributed by atoms with van der Waals surface area (Å²) in [5.41, 5.74) is 13.3. The minimum atomic E-state index is 0.814. The number of nitrogens with zero attached hydrogens (tertiary/aromatic N) is 1. The lowest BCUT2D eigenvalue weighted by Gasteiger charge is -2.15. The van der Waals surface area contributed by atoms with Gasteiger partial charge < -0.3 is 13.7 Å². The topological polar surface area (TPSA) is 27.3 Å². The van der Waals surface area contributed by atoms with Crippen molar-refractivity contribution in [2.24, 2.45) is 0 Å². The van der Waals surface area contributed by atoms with Crippen LogP contribution in [0.3, 0.4) is 0 Å². The predicted octanol–water partition coefficient (Wildman–Crippen LogP) is 14.9. The molecule has 0 radical (unpaired) electrons. The van der Waals surface area contributed by atoms with Crippen LogP contribution in [-0.2, 0) is 0 Å². The van der Waals surface area contributed by atoms with Gasteiger partial charge in [0.05, 0.1) is 11.0 Å². The van der Waals surface area contributed by atoms with Crippen molar-refractivity contribution in [2.45, 2.75) is 6.92 Å². The monoisotopic (exact) mass is 717 g/mol. The van der Waals surface area contributed by atoms with Gasteiger partial charge in [-0.3, -0.25) is 0 Å². The number of ether oxygens (including phenoxy) is 1. The fourth-order valence-corrected chi connectivity index (χ4v) is 8.39. The summed E-state index contributed by atoms with van der Waals surface area (Å²) < 4.78 is 15.2. The Kier molecular flexibility index (Phi) is 7.39. The molecule has 2 aromatic heterocycles. The second-order valence-electron chi connectivity index (χ2n) is 14.6. The van der Waals surface area contributed by atoms with E-state index in [0.29, 0.717) is 0 Å². The third-order valence-electron chi connectivity index (χ3n) is 11.2. The van der Waals surface area contributed by atoms with Crippen LogP contribution in [0.4, 0.5) is 0 Å². The lowest BCUT2D eigenvalue weighted by Crippen LogP contribution is -1.94. The molecule has 0 bridgehead atoms. The van der Waals surface area contributed by atoms with Crippen LogP contribution in [-0.4, -0.2) is 4.57 Å². The molecule has 0 aliphatic heterocycles. The van der Waals surface area contributed by atoms with Crippen LogP contribution in [0.15, 0.2) is 199 Å². The highest BCUT2D eigenvalue weighted by molar-refractivity contribution is 6.11. The Labute approximate surface area is 324 Å². The lowest BCUT2D eigenvalue weighted by molar-refractivity contribution is 0.484. The molecule has 0 fully saturated rings. The number of aromatic nitrogens is 1. The summed E-state index contributed by atoms with van der Waals surface area (Å²) in [5.74, 6) is 1.65. The molecule has 0 amide bonds. The van der Waals surface area contributed by atoms with Crippen molar-refractivity contribution in [3.8, 4) is 50.6 Å². The predicted molar refractivity (Wildman–Crippen MR) is 233 cm³/mol. The summed E-state index contributed by atoms with van der Waals surface area (Å²) in [6.45, 7) is 2.15. The second kappa shape index (κ2) is 12.9. The molecule has 0 saturated heterocycles. The molecule has 0 aliphatic carbocycles. The molecule has 2 heterocycles. The number of hydrogen-bond donors (Lipinski definition) is 0. The molecule has 3 nitrogen and oxygen atoms in total. The van der Waals surface area contributed by atoms with Crippen LogP contribution < -0.4 is 4.74 Å². The molecule has 264 valence electrons. The smallest absolute Gasteiger partial charge is 0.136 e. The molecule has 56 heavy (non-hydrogen) atoms. The number of rotatable bonds is 6. The summed E-state index contributed by atoms with van der Waals surface area (Å²) in [5, 5.41) is 7.11. The van der Waals surface area contributed by atoms with Crippen molar-refractivity contribution in [2.75, 3.05) is 0 Å². The minimum Gasteiger partial charge on any atom is -0.457 e. The number of para-hydroxylation sites is 3. The average molecular weight is 718 g/mol. The summed E-state index contributed by atoms with van der Waals surface area (Å²) in [6.07, 6.45) is 0. The first kappa shape index (κ1) is 32.1. The van der Waals surface area contributed by atoms with E-state index in [0.717, 1.165) is 61.4 Å². The molecular formula is C53H35NO2. The van der Waals surface area contributed by atoms with E-state index in [1.165, 1.54) is 49.3 Å². The zero-order valence-corrected chi connectivity index (χ0v) is 30.7. The maximum Gasteiger partial charge on any atom is 0.136 e. The molecular weight excluding hydrogens is 683 g/mol. The number of benzene rings is 9. The number of fused-ring (bicyclic) bond motifs is 7. The van der Waals surface area contributed by atoms with Crippen LogP contribution in [0.25, 0.3) is 93.6 Å². The van der Waals surface area contributed by atoms with Gasteiger partial charge in [-0.05, 0) is 124 Å². The number of furan rings is 1. The molecule has 11 aromatic rings. The molecule has 0 spiro atoms. The van der Waals surface area contributed by atoms with E-state index in [-0.39, 0.29) is 0 Å². The van der Waals surface area contributed by atoms with E-state index < -0.39 is 0 Å². The van der Waals surface area contributed by atoms with Crippen LogP contribution in [0, 0.1) is 6.92 Å². The maximum atomic E-state index is 6.59. The van der Waals surface area contributed by atoms with Gasteiger partial charge in [-0.2, -0.15) is 0 Å². The molecule has 11 rings (SSSR count). The first-order chi connectivity index (χ1) is 27.6. The standard InChI is InChI=1S/C53H35NO2/c1-34-11-5-6-14-43(34)46-26-22-40(32-52(46)55-42-12-3-2-4-13-42)38-24-28-50-48(31-38)44-15-7-9-17-49(44)54(50)41-25-21-36-29-35(19-20-37(36)30-41)39-23-27-47-45-16-8-10-18-51(45)56-53(47)33-39/h2-33H,1H3. The highest BCUT2D eigenvalue weighted by atomic mass is 16.5. The van der Waals surface area contributed by atoms with E-state index in [1.54, 1.807) is 0 Å². The fourth-order valence-electron chi connectivity index (χ4n) is 8.39. The van der Waals surface area contributed by atoms with Crippen molar-refractivity contribution in [1.29, 1.82) is 0 Å². The molecule has 0 aliphatic rings. The fraction of sp³-hybridized carbons (Fsp3) is 0.0189. The minimum absolute atomic E-state index is 0.814. The largest absolute Gasteiger partial charge is 0.457 e. The zero-order chi connectivity index (χ0) is 37.2. The highest BCUT2D eigenvalue weighted by Crippen LogP contribution is 2.41. The van der Waals surface area contributed by atoms with E-state index in [4.69, 9.17) is 9.15 Å². The van der Waals surface area contributed by atoms with E-state index in [1.807, 2.05) is 42.5 Å². The van der Waals surface area contributed by atoms with Gasteiger partial charge in [0.2, 0.25) is 0 Å². The summed E-state index contributed by atoms with van der Waals surface area (Å²) in [7, 11) is 0. The van der Waals surface area contributed by atoms with Crippen LogP contribution in [0.5, 0.6) is 11.5 Å². The van der Waals surface area contributed by atoms with Gasteiger partial charge in [0.15, 0.2) is 0 Å². The van der Waals surface area contributed by atoms with Gasteiger partial charge in [-0.1, -0.05) is 121 Å². The first-order valence-electron chi connectivity index (χ1n) is 19.1. The zero-order valence-electron chi connectivity index (χ0n) is 30.7. The van der Waals surface area contributed by atoms with Crippen molar-refractivity contribution in [3.05, 3.63) is 200 Å². The highest BCUT2D eigenvalue weighted by Gasteiger charge is 2.17. The van der Waals surface area contributed by atoms with Crippen molar-refractivity contribution < 1.29 is 9.15 Å². The third-order valence-corrected chi connectivity index (χ3v) is 11.2. The third kappa shape index (κ3) is 5.36. The van der Waals surface area contributed by atoms with Crippen molar-refractivity contribution >= 4 is 54.5 Å². The lowest BCUT2D eigenvalue weighted by atomic mass is 9.96. The van der Waals surface area contributed by atoms with Crippen molar-refractivity contribution in [1.82, 2.24) is 4.57 Å². The number of hydrogen-bond acceptors (Lipinski definition) is 2. The Hall–Kier alpha value is -7.36. The van der Waals surface area contributed by atoms with E-state index >= 15 is 0 Å². The quantitative estimate of drug-likeness (QED) is 0.171. The summed E-state index contributed by atoms with van der Waals surface area (Å²) >= 11 is 0. The first-order valence-corrected chi connectivity index (χ1v) is 19.1. The summed E-state index contributed by atoms with van der Waals surface area (Å²) in [6, 6.07) is 68.9. The normalized spacial score (nSPS) is 11.7. The Bertz CT molecular complexity index is 3290. The molecule has 9 aromatic carbocycles. The van der Waals surface area contributed by atoms with Gasteiger partial charge in [0, 0.05) is 32.8 Å². The second-order valence-corrected chi connectivity index (χ2v) is 14.6. The molecule has 0 N–H and O–H groups in total. The van der Waals surface area contributed by atoms with Gasteiger partial charge in [0.25, 0.3) is 0 Å². The molecule has 0 unspecified atom stereocenters. The Balaban J connectivity index is 0.986. The van der Waals surface area contributed by atoms with Crippen LogP contribution >= 0.6 is 0 Å². The van der Waals surface area contributed by atoms with Gasteiger partial charge in [0.1, 0.15) is 22.7 Å². The Morgan fingerprint density at radius 3 is 1.96 bits per heavy atom. The average Bonchev–Trinajstić information content (AvgIpc) is 3.79. The van der Waals surface area contributed by atoms with Crippen molar-refractivity contribution in [3.63, 3.8) is 0 Å². The Morgan fingerprint density at radius 1 is 0.411 bits per heavy atom. The molecule has 3 heteroatoms. The van der Waals surface area contributed by atoms with E-state index in [9.17, 15) is 0 Å². The molecule has 0 atom stereocenters. The summed E-state index contributed by atoms with van der Waals surface area (Å²) in [4.78, 5) is 0. The SMILES string of the molecule is Cc1ccccc1-c1ccc(-c2ccc3c(c2)c2ccccc2n3-c2ccc3cc(-c4ccc5c(c4)oc4ccccc45)ccc3c2)cc1Oc1ccccc1. The molecule has 0 saturated carbocycles. The van der Waals surface area contributed by atoms with Crippen LogP contribution in [0.2, 0.25) is 0 Å².